The van der Waals surface area contributed by atoms with Crippen molar-refractivity contribution < 1.29 is 13.2 Å². The van der Waals surface area contributed by atoms with E-state index in [9.17, 15) is 13.2 Å². The minimum absolute atomic E-state index is 0.166. The van der Waals surface area contributed by atoms with Crippen molar-refractivity contribution in [2.75, 3.05) is 12.3 Å². The number of aryl methyl sites for hydroxylation is 1. The van der Waals surface area contributed by atoms with Gasteiger partial charge in [-0.1, -0.05) is 47.6 Å². The number of halogens is 4. The second-order valence-corrected chi connectivity index (χ2v) is 7.35. The number of hydrogen-bond acceptors (Lipinski definition) is 3. The molecular weight excluding hydrogens is 357 g/mol. The summed E-state index contributed by atoms with van der Waals surface area (Å²) < 4.78 is 39.7. The molecule has 1 atom stereocenters. The highest BCUT2D eigenvalue weighted by Crippen LogP contribution is 2.54. The van der Waals surface area contributed by atoms with Crippen LogP contribution in [0.3, 0.4) is 0 Å². The maximum atomic E-state index is 13.9. The standard InChI is InChI=1S/C17H14ClF3N2S/c1-10-8-12(4-7-14(10)22)16(17(19,20)21)9-23-15(24-16)11-2-5-13(18)6-3-11/h2-8H,9,22H2,1H3. The van der Waals surface area contributed by atoms with Gasteiger partial charge in [-0.05, 0) is 36.2 Å². The van der Waals surface area contributed by atoms with Crippen molar-refractivity contribution >= 4 is 34.1 Å². The Morgan fingerprint density at radius 1 is 1.17 bits per heavy atom. The highest BCUT2D eigenvalue weighted by molar-refractivity contribution is 8.15. The van der Waals surface area contributed by atoms with E-state index in [2.05, 4.69) is 4.99 Å². The van der Waals surface area contributed by atoms with Crippen LogP contribution in [0.2, 0.25) is 5.02 Å². The fourth-order valence-corrected chi connectivity index (χ4v) is 3.87. The summed E-state index contributed by atoms with van der Waals surface area (Å²) in [5.74, 6) is 0. The molecule has 2 N–H and O–H groups in total. The highest BCUT2D eigenvalue weighted by atomic mass is 35.5. The molecule has 7 heteroatoms. The molecule has 0 saturated carbocycles. The van der Waals surface area contributed by atoms with Crippen LogP contribution in [0.1, 0.15) is 16.7 Å². The van der Waals surface area contributed by atoms with E-state index in [-0.39, 0.29) is 12.1 Å². The SMILES string of the molecule is Cc1cc(C2(C(F)(F)F)CN=C(c3ccc(Cl)cc3)S2)ccc1N. The molecule has 0 amide bonds. The Morgan fingerprint density at radius 3 is 2.42 bits per heavy atom. The Morgan fingerprint density at radius 2 is 1.83 bits per heavy atom. The molecule has 1 aliphatic rings. The van der Waals surface area contributed by atoms with Crippen molar-refractivity contribution in [1.82, 2.24) is 0 Å². The van der Waals surface area contributed by atoms with Crippen LogP contribution >= 0.6 is 23.4 Å². The summed E-state index contributed by atoms with van der Waals surface area (Å²) in [5, 5.41) is 0.886. The van der Waals surface area contributed by atoms with Crippen LogP contribution < -0.4 is 5.73 Å². The largest absolute Gasteiger partial charge is 0.409 e. The lowest BCUT2D eigenvalue weighted by molar-refractivity contribution is -0.158. The quantitative estimate of drug-likeness (QED) is 0.739. The summed E-state index contributed by atoms with van der Waals surface area (Å²) in [7, 11) is 0. The molecule has 1 unspecified atom stereocenters. The van der Waals surface area contributed by atoms with Gasteiger partial charge in [0, 0.05) is 16.3 Å². The number of aliphatic imine (C=N–C) groups is 1. The van der Waals surface area contributed by atoms with Crippen LogP contribution in [-0.4, -0.2) is 17.8 Å². The molecule has 2 aromatic carbocycles. The second-order valence-electron chi connectivity index (χ2n) is 5.63. The van der Waals surface area contributed by atoms with Gasteiger partial charge in [-0.2, -0.15) is 13.2 Å². The molecule has 2 nitrogen and oxygen atoms in total. The molecule has 0 spiro atoms. The van der Waals surface area contributed by atoms with Crippen molar-refractivity contribution in [3.05, 3.63) is 64.2 Å². The Kier molecular flexibility index (Phi) is 4.30. The molecule has 2 aromatic rings. The number of hydrogen-bond donors (Lipinski definition) is 1. The first-order valence-electron chi connectivity index (χ1n) is 7.16. The van der Waals surface area contributed by atoms with E-state index in [1.54, 1.807) is 31.2 Å². The van der Waals surface area contributed by atoms with Gasteiger partial charge in [-0.3, -0.25) is 4.99 Å². The molecule has 1 aliphatic heterocycles. The fourth-order valence-electron chi connectivity index (χ4n) is 2.54. The number of rotatable bonds is 2. The van der Waals surface area contributed by atoms with E-state index < -0.39 is 10.9 Å². The normalized spacial score (nSPS) is 21.0. The summed E-state index contributed by atoms with van der Waals surface area (Å²) in [6.45, 7) is 1.34. The smallest absolute Gasteiger partial charge is 0.399 e. The van der Waals surface area contributed by atoms with Gasteiger partial charge in [0.1, 0.15) is 0 Å². The molecule has 0 bridgehead atoms. The number of nitrogens with two attached hydrogens (primary N) is 1. The van der Waals surface area contributed by atoms with Crippen LogP contribution in [0.15, 0.2) is 47.5 Å². The van der Waals surface area contributed by atoms with Gasteiger partial charge in [0.05, 0.1) is 11.6 Å². The molecule has 1 heterocycles. The summed E-state index contributed by atoms with van der Waals surface area (Å²) in [6.07, 6.45) is -4.45. The van der Waals surface area contributed by atoms with Crippen LogP contribution in [0.5, 0.6) is 0 Å². The number of anilines is 1. The maximum absolute atomic E-state index is 13.9. The zero-order valence-electron chi connectivity index (χ0n) is 12.7. The number of thioether (sulfide) groups is 1. The highest BCUT2D eigenvalue weighted by Gasteiger charge is 2.59. The van der Waals surface area contributed by atoms with Crippen LogP contribution in [0.25, 0.3) is 0 Å². The molecule has 0 fully saturated rings. The van der Waals surface area contributed by atoms with Crippen molar-refractivity contribution in [2.24, 2.45) is 4.99 Å². The summed E-state index contributed by atoms with van der Waals surface area (Å²) in [4.78, 5) is 4.17. The molecule has 0 saturated heterocycles. The third-order valence-electron chi connectivity index (χ3n) is 4.00. The molecule has 24 heavy (non-hydrogen) atoms. The van der Waals surface area contributed by atoms with E-state index in [0.717, 1.165) is 11.8 Å². The number of nitrogen functional groups attached to an aromatic ring is 1. The van der Waals surface area contributed by atoms with Crippen molar-refractivity contribution in [1.29, 1.82) is 0 Å². The third-order valence-corrected chi connectivity index (χ3v) is 5.76. The first-order chi connectivity index (χ1) is 11.2. The van der Waals surface area contributed by atoms with E-state index in [4.69, 9.17) is 17.3 Å². The first kappa shape index (κ1) is 17.2. The zero-order chi connectivity index (χ0) is 17.5. The van der Waals surface area contributed by atoms with Crippen molar-refractivity contribution in [2.45, 2.75) is 17.8 Å². The third kappa shape index (κ3) is 2.89. The van der Waals surface area contributed by atoms with Gasteiger partial charge < -0.3 is 5.73 Å². The average Bonchev–Trinajstić information content (AvgIpc) is 2.97. The van der Waals surface area contributed by atoms with E-state index in [1.807, 2.05) is 0 Å². The molecule has 0 aromatic heterocycles. The lowest BCUT2D eigenvalue weighted by Crippen LogP contribution is -2.40. The summed E-state index contributed by atoms with van der Waals surface area (Å²) >= 11 is 6.57. The summed E-state index contributed by atoms with van der Waals surface area (Å²) in [6, 6.07) is 11.1. The molecule has 0 radical (unpaired) electrons. The lowest BCUT2D eigenvalue weighted by Gasteiger charge is -2.31. The molecule has 0 aliphatic carbocycles. The van der Waals surface area contributed by atoms with Gasteiger partial charge in [-0.25, -0.2) is 0 Å². The molecule has 126 valence electrons. The van der Waals surface area contributed by atoms with Gasteiger partial charge >= 0.3 is 6.18 Å². The number of nitrogens with zero attached hydrogens (tertiary/aromatic N) is 1. The van der Waals surface area contributed by atoms with Gasteiger partial charge in [0.2, 0.25) is 0 Å². The predicted octanol–water partition coefficient (Wildman–Crippen LogP) is 5.18. The van der Waals surface area contributed by atoms with E-state index in [1.165, 1.54) is 18.2 Å². The minimum Gasteiger partial charge on any atom is -0.399 e. The van der Waals surface area contributed by atoms with E-state index >= 15 is 0 Å². The zero-order valence-corrected chi connectivity index (χ0v) is 14.3. The van der Waals surface area contributed by atoms with Gasteiger partial charge in [0.15, 0.2) is 4.75 Å². The minimum atomic E-state index is -4.45. The van der Waals surface area contributed by atoms with Gasteiger partial charge in [0.25, 0.3) is 0 Å². The second kappa shape index (κ2) is 6.01. The maximum Gasteiger partial charge on any atom is 0.409 e. The van der Waals surface area contributed by atoms with Crippen LogP contribution in [0, 0.1) is 6.92 Å². The van der Waals surface area contributed by atoms with Crippen LogP contribution in [-0.2, 0) is 4.75 Å². The average molecular weight is 371 g/mol. The first-order valence-corrected chi connectivity index (χ1v) is 8.35. The van der Waals surface area contributed by atoms with Gasteiger partial charge in [-0.15, -0.1) is 0 Å². The van der Waals surface area contributed by atoms with Crippen molar-refractivity contribution in [3.63, 3.8) is 0 Å². The topological polar surface area (TPSA) is 38.4 Å². The fraction of sp³-hybridized carbons (Fsp3) is 0.235. The number of alkyl halides is 3. The monoisotopic (exact) mass is 370 g/mol. The Labute approximate surface area is 146 Å². The number of benzene rings is 2. The van der Waals surface area contributed by atoms with Crippen molar-refractivity contribution in [3.8, 4) is 0 Å². The molecule has 3 rings (SSSR count). The Balaban J connectivity index is 2.01. The Bertz CT molecular complexity index is 802. The summed E-state index contributed by atoms with van der Waals surface area (Å²) in [5.41, 5.74) is 7.63. The lowest BCUT2D eigenvalue weighted by atomic mass is 9.95. The Hall–Kier alpha value is -1.66. The van der Waals surface area contributed by atoms with Crippen LogP contribution in [0.4, 0.5) is 18.9 Å². The van der Waals surface area contributed by atoms with E-state index in [0.29, 0.717) is 26.9 Å². The molecular formula is C17H14ClF3N2S. The predicted molar refractivity (Wildman–Crippen MR) is 93.8 cm³/mol.